The first-order valence-corrected chi connectivity index (χ1v) is 10.4. The van der Waals surface area contributed by atoms with Gasteiger partial charge in [-0.15, -0.1) is 0 Å². The maximum Gasteiger partial charge on any atom is 0.270 e. The molecule has 1 aliphatic rings. The number of nitro groups is 1. The van der Waals surface area contributed by atoms with Crippen molar-refractivity contribution in [2.75, 3.05) is 38.1 Å². The number of nitro benzene ring substituents is 1. The van der Waals surface area contributed by atoms with Crippen LogP contribution in [0.3, 0.4) is 0 Å². The molecule has 0 spiro atoms. The van der Waals surface area contributed by atoms with E-state index in [2.05, 4.69) is 16.8 Å². The molecule has 9 heteroatoms. The summed E-state index contributed by atoms with van der Waals surface area (Å²) in [6, 6.07) is 12.5. The van der Waals surface area contributed by atoms with Gasteiger partial charge in [-0.3, -0.25) is 10.1 Å². The third-order valence-electron chi connectivity index (χ3n) is 5.10. The molecule has 0 unspecified atom stereocenters. The predicted molar refractivity (Wildman–Crippen MR) is 107 cm³/mol. The molecule has 4 rings (SSSR count). The van der Waals surface area contributed by atoms with E-state index in [1.807, 2.05) is 12.1 Å². The van der Waals surface area contributed by atoms with Crippen molar-refractivity contribution in [1.82, 2.24) is 8.87 Å². The highest BCUT2D eigenvalue weighted by Gasteiger charge is 2.23. The van der Waals surface area contributed by atoms with E-state index in [-0.39, 0.29) is 10.6 Å². The van der Waals surface area contributed by atoms with Gasteiger partial charge in [0.15, 0.2) is 0 Å². The Morgan fingerprint density at radius 1 is 1.00 bits per heavy atom. The number of nitrogens with zero attached hydrogens (tertiary/aromatic N) is 4. The normalized spacial score (nSPS) is 15.8. The molecule has 0 bridgehead atoms. The lowest BCUT2D eigenvalue weighted by Gasteiger charge is -2.34. The zero-order chi connectivity index (χ0) is 19.9. The number of rotatable bonds is 4. The van der Waals surface area contributed by atoms with Crippen LogP contribution >= 0.6 is 0 Å². The van der Waals surface area contributed by atoms with E-state index in [9.17, 15) is 18.5 Å². The Hall–Kier alpha value is -2.91. The fourth-order valence-corrected chi connectivity index (χ4v) is 4.92. The zero-order valence-electron chi connectivity index (χ0n) is 15.4. The first-order chi connectivity index (χ1) is 13.4. The van der Waals surface area contributed by atoms with Gasteiger partial charge in [-0.25, -0.2) is 12.4 Å². The molecule has 3 aromatic rings. The molecule has 0 N–H and O–H groups in total. The molecule has 0 saturated carbocycles. The Morgan fingerprint density at radius 2 is 1.71 bits per heavy atom. The van der Waals surface area contributed by atoms with Gasteiger partial charge in [0.2, 0.25) is 0 Å². The van der Waals surface area contributed by atoms with E-state index in [4.69, 9.17) is 0 Å². The van der Waals surface area contributed by atoms with Gasteiger partial charge in [0.25, 0.3) is 15.7 Å². The molecular weight excluding hydrogens is 380 g/mol. The van der Waals surface area contributed by atoms with Crippen LogP contribution in [-0.4, -0.2) is 55.4 Å². The van der Waals surface area contributed by atoms with Gasteiger partial charge in [0, 0.05) is 55.6 Å². The number of fused-ring (bicyclic) bond motifs is 1. The minimum Gasteiger partial charge on any atom is -0.368 e. The Kier molecular flexibility index (Phi) is 4.56. The quantitative estimate of drug-likeness (QED) is 0.494. The van der Waals surface area contributed by atoms with Crippen molar-refractivity contribution in [2.24, 2.45) is 0 Å². The molecule has 0 aliphatic carbocycles. The molecule has 0 radical (unpaired) electrons. The van der Waals surface area contributed by atoms with Crippen molar-refractivity contribution < 1.29 is 13.3 Å². The van der Waals surface area contributed by atoms with Crippen LogP contribution in [-0.2, 0) is 10.0 Å². The van der Waals surface area contributed by atoms with Crippen LogP contribution in [0.25, 0.3) is 10.9 Å². The van der Waals surface area contributed by atoms with E-state index in [1.165, 1.54) is 28.4 Å². The van der Waals surface area contributed by atoms with Gasteiger partial charge in [-0.2, -0.15) is 0 Å². The monoisotopic (exact) mass is 400 g/mol. The van der Waals surface area contributed by atoms with E-state index in [0.717, 1.165) is 43.3 Å². The lowest BCUT2D eigenvalue weighted by molar-refractivity contribution is -0.385. The second kappa shape index (κ2) is 6.92. The molecule has 1 aromatic heterocycles. The van der Waals surface area contributed by atoms with Crippen LogP contribution in [0.1, 0.15) is 0 Å². The second-order valence-corrected chi connectivity index (χ2v) is 8.69. The molecule has 0 atom stereocenters. The number of aromatic nitrogens is 1. The van der Waals surface area contributed by atoms with Crippen LogP contribution in [0.5, 0.6) is 0 Å². The Labute approximate surface area is 162 Å². The van der Waals surface area contributed by atoms with Crippen molar-refractivity contribution in [1.29, 1.82) is 0 Å². The van der Waals surface area contributed by atoms with Crippen molar-refractivity contribution in [2.45, 2.75) is 4.90 Å². The van der Waals surface area contributed by atoms with Crippen LogP contribution in [0.15, 0.2) is 59.6 Å². The van der Waals surface area contributed by atoms with E-state index >= 15 is 0 Å². The first-order valence-electron chi connectivity index (χ1n) is 8.91. The molecular formula is C19H20N4O4S. The molecule has 2 heterocycles. The fourth-order valence-electron chi connectivity index (χ4n) is 3.53. The van der Waals surface area contributed by atoms with Gasteiger partial charge >= 0.3 is 0 Å². The van der Waals surface area contributed by atoms with Gasteiger partial charge in [0.05, 0.1) is 15.3 Å². The second-order valence-electron chi connectivity index (χ2n) is 6.87. The van der Waals surface area contributed by atoms with E-state index in [1.54, 1.807) is 12.1 Å². The standard InChI is InChI=1S/C19H20N4O4S/c1-20-10-12-21(13-11-20)18-6-3-7-19-17(18)8-9-22(19)28(26,27)16-5-2-4-15(14-16)23(24)25/h2-9,14H,10-13H2,1H3. The zero-order valence-corrected chi connectivity index (χ0v) is 16.2. The highest BCUT2D eigenvalue weighted by Crippen LogP contribution is 2.31. The lowest BCUT2D eigenvalue weighted by atomic mass is 10.2. The topological polar surface area (TPSA) is 88.7 Å². The highest BCUT2D eigenvalue weighted by atomic mass is 32.2. The SMILES string of the molecule is CN1CCN(c2cccc3c2ccn3S(=O)(=O)c2cccc([N+](=O)[O-])c2)CC1. The Bertz CT molecular complexity index is 1150. The number of hydrogen-bond acceptors (Lipinski definition) is 6. The van der Waals surface area contributed by atoms with Crippen molar-refractivity contribution in [3.8, 4) is 0 Å². The van der Waals surface area contributed by atoms with Gasteiger partial charge in [-0.05, 0) is 31.3 Å². The van der Waals surface area contributed by atoms with Crippen molar-refractivity contribution in [3.63, 3.8) is 0 Å². The summed E-state index contributed by atoms with van der Waals surface area (Å²) in [5.41, 5.74) is 1.30. The summed E-state index contributed by atoms with van der Waals surface area (Å²) < 4.78 is 27.5. The molecule has 146 valence electrons. The Morgan fingerprint density at radius 3 is 2.43 bits per heavy atom. The fraction of sp³-hybridized carbons (Fsp3) is 0.263. The average Bonchev–Trinajstić information content (AvgIpc) is 3.14. The maximum atomic E-state index is 13.1. The average molecular weight is 400 g/mol. The minimum atomic E-state index is -3.95. The molecule has 28 heavy (non-hydrogen) atoms. The summed E-state index contributed by atoms with van der Waals surface area (Å²) in [7, 11) is -1.87. The van der Waals surface area contributed by atoms with Crippen molar-refractivity contribution in [3.05, 3.63) is 64.8 Å². The largest absolute Gasteiger partial charge is 0.368 e. The summed E-state index contributed by atoms with van der Waals surface area (Å²) in [6.07, 6.45) is 1.51. The lowest BCUT2D eigenvalue weighted by Crippen LogP contribution is -2.44. The number of piperazine rings is 1. The third kappa shape index (κ3) is 3.12. The molecule has 1 fully saturated rings. The summed E-state index contributed by atoms with van der Waals surface area (Å²) in [5, 5.41) is 11.9. The number of likely N-dealkylation sites (N-methyl/N-ethyl adjacent to an activating group) is 1. The summed E-state index contributed by atoms with van der Waals surface area (Å²) in [5.74, 6) is 0. The number of anilines is 1. The first kappa shape index (κ1) is 18.5. The van der Waals surface area contributed by atoms with Crippen LogP contribution in [0, 0.1) is 10.1 Å². The molecule has 2 aromatic carbocycles. The molecule has 0 amide bonds. The number of benzene rings is 2. The number of non-ortho nitro benzene ring substituents is 1. The maximum absolute atomic E-state index is 13.1. The number of hydrogen-bond donors (Lipinski definition) is 0. The third-order valence-corrected chi connectivity index (χ3v) is 6.79. The van der Waals surface area contributed by atoms with E-state index in [0.29, 0.717) is 5.52 Å². The summed E-state index contributed by atoms with van der Waals surface area (Å²) >= 11 is 0. The summed E-state index contributed by atoms with van der Waals surface area (Å²) in [6.45, 7) is 3.64. The van der Waals surface area contributed by atoms with Crippen LogP contribution in [0.4, 0.5) is 11.4 Å². The van der Waals surface area contributed by atoms with Gasteiger partial charge < -0.3 is 9.80 Å². The van der Waals surface area contributed by atoms with E-state index < -0.39 is 14.9 Å². The smallest absolute Gasteiger partial charge is 0.270 e. The van der Waals surface area contributed by atoms with Crippen LogP contribution in [0.2, 0.25) is 0 Å². The predicted octanol–water partition coefficient (Wildman–Crippen LogP) is 2.54. The van der Waals surface area contributed by atoms with Crippen molar-refractivity contribution >= 4 is 32.3 Å². The molecule has 1 aliphatic heterocycles. The highest BCUT2D eigenvalue weighted by molar-refractivity contribution is 7.90. The van der Waals surface area contributed by atoms with Crippen LogP contribution < -0.4 is 4.90 Å². The molecule has 1 saturated heterocycles. The van der Waals surface area contributed by atoms with Gasteiger partial charge in [-0.1, -0.05) is 12.1 Å². The summed E-state index contributed by atoms with van der Waals surface area (Å²) in [4.78, 5) is 14.8. The Balaban J connectivity index is 1.79. The molecule has 8 nitrogen and oxygen atoms in total. The minimum absolute atomic E-state index is 0.107. The van der Waals surface area contributed by atoms with Gasteiger partial charge in [0.1, 0.15) is 0 Å².